The maximum Gasteiger partial charge on any atom is 0.340 e. The second-order valence-corrected chi connectivity index (χ2v) is 4.47. The van der Waals surface area contributed by atoms with Gasteiger partial charge in [-0.05, 0) is 19.1 Å². The Hall–Kier alpha value is -2.88. The second kappa shape index (κ2) is 7.78. The van der Waals surface area contributed by atoms with Crippen LogP contribution in [0.3, 0.4) is 0 Å². The summed E-state index contributed by atoms with van der Waals surface area (Å²) in [5.74, 6) is -0.505. The molecule has 2 aromatic carbocycles. The lowest BCUT2D eigenvalue weighted by Gasteiger charge is -2.08. The minimum atomic E-state index is -0.395. The predicted octanol–water partition coefficient (Wildman–Crippen LogP) is 3.67. The molecular weight excluding hydrogens is 278 g/mol. The van der Waals surface area contributed by atoms with Crippen molar-refractivity contribution in [2.24, 2.45) is 0 Å². The molecule has 0 radical (unpaired) electrons. The predicted molar refractivity (Wildman–Crippen MR) is 85.9 cm³/mol. The third kappa shape index (κ3) is 4.06. The molecule has 0 saturated heterocycles. The molecule has 0 aliphatic heterocycles. The number of para-hydroxylation sites is 1. The molecule has 0 saturated carbocycles. The summed E-state index contributed by atoms with van der Waals surface area (Å²) in [6, 6.07) is 16.0. The van der Waals surface area contributed by atoms with Crippen LogP contribution in [0.25, 0.3) is 0 Å². The molecular formula is C18H17NO3. The van der Waals surface area contributed by atoms with Gasteiger partial charge in [0.1, 0.15) is 0 Å². The average molecular weight is 295 g/mol. The Morgan fingerprint density at radius 3 is 2.45 bits per heavy atom. The van der Waals surface area contributed by atoms with Crippen molar-refractivity contribution in [2.75, 3.05) is 11.9 Å². The first-order valence-electron chi connectivity index (χ1n) is 7.01. The lowest BCUT2D eigenvalue weighted by atomic mass is 10.1. The fourth-order valence-electron chi connectivity index (χ4n) is 1.90. The van der Waals surface area contributed by atoms with E-state index < -0.39 is 5.97 Å². The summed E-state index contributed by atoms with van der Waals surface area (Å²) >= 11 is 0. The number of anilines is 1. The Morgan fingerprint density at radius 1 is 1.05 bits per heavy atom. The molecule has 0 heterocycles. The van der Waals surface area contributed by atoms with Gasteiger partial charge in [0.15, 0.2) is 5.78 Å². The van der Waals surface area contributed by atoms with Crippen molar-refractivity contribution in [1.29, 1.82) is 0 Å². The van der Waals surface area contributed by atoms with Crippen molar-refractivity contribution < 1.29 is 14.3 Å². The van der Waals surface area contributed by atoms with Crippen molar-refractivity contribution in [3.8, 4) is 0 Å². The van der Waals surface area contributed by atoms with Crippen molar-refractivity contribution in [2.45, 2.75) is 6.92 Å². The van der Waals surface area contributed by atoms with E-state index in [1.165, 1.54) is 12.3 Å². The number of rotatable bonds is 6. The fourth-order valence-corrected chi connectivity index (χ4v) is 1.90. The minimum absolute atomic E-state index is 0.110. The zero-order valence-corrected chi connectivity index (χ0v) is 12.3. The van der Waals surface area contributed by atoms with Gasteiger partial charge in [-0.1, -0.05) is 42.5 Å². The van der Waals surface area contributed by atoms with Crippen molar-refractivity contribution >= 4 is 17.4 Å². The van der Waals surface area contributed by atoms with Gasteiger partial charge < -0.3 is 10.1 Å². The normalized spacial score (nSPS) is 10.4. The van der Waals surface area contributed by atoms with Crippen LogP contribution in [0.2, 0.25) is 0 Å². The maximum absolute atomic E-state index is 11.9. The molecule has 0 fully saturated rings. The highest BCUT2D eigenvalue weighted by molar-refractivity contribution is 6.04. The molecule has 0 atom stereocenters. The minimum Gasteiger partial charge on any atom is -0.462 e. The van der Waals surface area contributed by atoms with E-state index in [0.29, 0.717) is 23.4 Å². The molecule has 2 rings (SSSR count). The number of ether oxygens (including phenoxy) is 1. The monoisotopic (exact) mass is 295 g/mol. The van der Waals surface area contributed by atoms with E-state index in [-0.39, 0.29) is 5.78 Å². The van der Waals surface area contributed by atoms with Crippen LogP contribution >= 0.6 is 0 Å². The summed E-state index contributed by atoms with van der Waals surface area (Å²) < 4.78 is 5.00. The number of benzene rings is 2. The molecule has 4 heteroatoms. The van der Waals surface area contributed by atoms with E-state index in [4.69, 9.17) is 4.74 Å². The highest BCUT2D eigenvalue weighted by Gasteiger charge is 2.10. The van der Waals surface area contributed by atoms with E-state index in [1.54, 1.807) is 43.3 Å². The number of carbonyl (C=O) groups excluding carboxylic acids is 2. The Bertz CT molecular complexity index is 678. The van der Waals surface area contributed by atoms with Gasteiger partial charge in [0.2, 0.25) is 0 Å². The topological polar surface area (TPSA) is 55.4 Å². The number of esters is 1. The van der Waals surface area contributed by atoms with E-state index in [2.05, 4.69) is 5.32 Å². The van der Waals surface area contributed by atoms with Gasteiger partial charge in [-0.15, -0.1) is 0 Å². The Balaban J connectivity index is 2.07. The van der Waals surface area contributed by atoms with Crippen LogP contribution in [-0.4, -0.2) is 18.4 Å². The van der Waals surface area contributed by atoms with Crippen LogP contribution in [0.15, 0.2) is 66.9 Å². The lowest BCUT2D eigenvalue weighted by Crippen LogP contribution is -2.07. The summed E-state index contributed by atoms with van der Waals surface area (Å²) in [6.45, 7) is 2.07. The average Bonchev–Trinajstić information content (AvgIpc) is 2.56. The van der Waals surface area contributed by atoms with Gasteiger partial charge in [0, 0.05) is 17.8 Å². The van der Waals surface area contributed by atoms with Gasteiger partial charge >= 0.3 is 5.97 Å². The summed E-state index contributed by atoms with van der Waals surface area (Å²) in [5.41, 5.74) is 1.64. The Labute approximate surface area is 129 Å². The van der Waals surface area contributed by atoms with Gasteiger partial charge in [-0.25, -0.2) is 4.79 Å². The largest absolute Gasteiger partial charge is 0.462 e. The van der Waals surface area contributed by atoms with E-state index in [0.717, 1.165) is 0 Å². The first kappa shape index (κ1) is 15.5. The van der Waals surface area contributed by atoms with Gasteiger partial charge in [0.25, 0.3) is 0 Å². The van der Waals surface area contributed by atoms with Crippen LogP contribution < -0.4 is 5.32 Å². The number of hydrogen-bond donors (Lipinski definition) is 1. The molecule has 4 nitrogen and oxygen atoms in total. The molecule has 0 aromatic heterocycles. The first-order chi connectivity index (χ1) is 10.7. The highest BCUT2D eigenvalue weighted by atomic mass is 16.5. The Morgan fingerprint density at radius 2 is 1.73 bits per heavy atom. The van der Waals surface area contributed by atoms with E-state index >= 15 is 0 Å². The molecule has 0 unspecified atom stereocenters. The molecule has 112 valence electrons. The van der Waals surface area contributed by atoms with Crippen LogP contribution in [0.5, 0.6) is 0 Å². The molecule has 1 N–H and O–H groups in total. The van der Waals surface area contributed by atoms with Gasteiger partial charge in [0.05, 0.1) is 17.9 Å². The summed E-state index contributed by atoms with van der Waals surface area (Å²) in [5, 5.41) is 2.95. The summed E-state index contributed by atoms with van der Waals surface area (Å²) in [4.78, 5) is 23.8. The van der Waals surface area contributed by atoms with Crippen molar-refractivity contribution in [3.05, 3.63) is 78.0 Å². The van der Waals surface area contributed by atoms with Gasteiger partial charge in [-0.2, -0.15) is 0 Å². The standard InChI is InChI=1S/C18H17NO3/c1-2-22-18(21)15-10-6-7-11-16(15)19-13-12-17(20)14-8-4-3-5-9-14/h3-13,19H,2H2,1H3. The van der Waals surface area contributed by atoms with Crippen molar-refractivity contribution in [1.82, 2.24) is 0 Å². The zero-order chi connectivity index (χ0) is 15.8. The third-order valence-corrected chi connectivity index (χ3v) is 2.95. The molecule has 22 heavy (non-hydrogen) atoms. The number of carbonyl (C=O) groups is 2. The number of hydrogen-bond acceptors (Lipinski definition) is 4. The molecule has 2 aromatic rings. The number of ketones is 1. The second-order valence-electron chi connectivity index (χ2n) is 4.47. The Kier molecular flexibility index (Phi) is 5.49. The molecule has 0 spiro atoms. The molecule has 0 amide bonds. The SMILES string of the molecule is CCOC(=O)c1ccccc1NC=CC(=O)c1ccccc1. The lowest BCUT2D eigenvalue weighted by molar-refractivity contribution is 0.0527. The fraction of sp³-hybridized carbons (Fsp3) is 0.111. The quantitative estimate of drug-likeness (QED) is 0.502. The van der Waals surface area contributed by atoms with E-state index in [9.17, 15) is 9.59 Å². The maximum atomic E-state index is 11.9. The summed E-state index contributed by atoms with van der Waals surface area (Å²) in [6.07, 6.45) is 2.95. The molecule has 0 aliphatic carbocycles. The highest BCUT2D eigenvalue weighted by Crippen LogP contribution is 2.16. The van der Waals surface area contributed by atoms with Crippen molar-refractivity contribution in [3.63, 3.8) is 0 Å². The molecule has 0 bridgehead atoms. The smallest absolute Gasteiger partial charge is 0.340 e. The first-order valence-corrected chi connectivity index (χ1v) is 7.01. The number of allylic oxidation sites excluding steroid dienone is 1. The van der Waals surface area contributed by atoms with E-state index in [1.807, 2.05) is 18.2 Å². The van der Waals surface area contributed by atoms with Gasteiger partial charge in [-0.3, -0.25) is 4.79 Å². The van der Waals surface area contributed by atoms with Crippen LogP contribution in [0.4, 0.5) is 5.69 Å². The number of nitrogens with one attached hydrogen (secondary N) is 1. The third-order valence-electron chi connectivity index (χ3n) is 2.95. The van der Waals surface area contributed by atoms with Crippen LogP contribution in [-0.2, 0) is 4.74 Å². The van der Waals surface area contributed by atoms with Crippen LogP contribution in [0, 0.1) is 0 Å². The summed E-state index contributed by atoms with van der Waals surface area (Å²) in [7, 11) is 0. The zero-order valence-electron chi connectivity index (χ0n) is 12.3. The van der Waals surface area contributed by atoms with Crippen LogP contribution in [0.1, 0.15) is 27.6 Å². The molecule has 0 aliphatic rings.